The maximum absolute atomic E-state index is 13.5. The molecule has 1 fully saturated rings. The van der Waals surface area contributed by atoms with Gasteiger partial charge >= 0.3 is 6.09 Å². The average Bonchev–Trinajstić information content (AvgIpc) is 2.19. The Morgan fingerprint density at radius 1 is 1.65 bits per heavy atom. The summed E-state index contributed by atoms with van der Waals surface area (Å²) in [5.74, 6) is 0. The molecule has 1 aliphatic heterocycles. The van der Waals surface area contributed by atoms with Gasteiger partial charge in [-0.2, -0.15) is 0 Å². The number of aliphatic hydroxyl groups is 1. The number of hydrogen-bond acceptors (Lipinski definition) is 4. The molecule has 0 aliphatic carbocycles. The Kier molecular flexibility index (Phi) is 3.99. The van der Waals surface area contributed by atoms with Crippen LogP contribution in [0.2, 0.25) is 0 Å². The van der Waals surface area contributed by atoms with Crippen molar-refractivity contribution in [3.63, 3.8) is 0 Å². The van der Waals surface area contributed by atoms with E-state index in [-0.39, 0.29) is 26.1 Å². The second kappa shape index (κ2) is 4.78. The Labute approximate surface area is 101 Å². The van der Waals surface area contributed by atoms with Crippen LogP contribution in [0.3, 0.4) is 0 Å². The average molecular weight is 248 g/mol. The van der Waals surface area contributed by atoms with Gasteiger partial charge in [0.25, 0.3) is 0 Å². The van der Waals surface area contributed by atoms with E-state index < -0.39 is 23.5 Å². The number of nitrogens with two attached hydrogens (primary N) is 1. The highest BCUT2D eigenvalue weighted by Crippen LogP contribution is 2.25. The number of carbonyl (C=O) groups excluding carboxylic acids is 1. The van der Waals surface area contributed by atoms with Crippen molar-refractivity contribution in [3.05, 3.63) is 0 Å². The summed E-state index contributed by atoms with van der Waals surface area (Å²) >= 11 is 0. The molecular weight excluding hydrogens is 227 g/mol. The van der Waals surface area contributed by atoms with E-state index >= 15 is 0 Å². The van der Waals surface area contributed by atoms with Crippen molar-refractivity contribution in [2.75, 3.05) is 19.6 Å². The second-order valence-electron chi connectivity index (χ2n) is 5.47. The van der Waals surface area contributed by atoms with Gasteiger partial charge in [0.2, 0.25) is 0 Å². The highest BCUT2D eigenvalue weighted by Gasteiger charge is 2.43. The van der Waals surface area contributed by atoms with Crippen LogP contribution in [0.4, 0.5) is 9.18 Å². The van der Waals surface area contributed by atoms with Gasteiger partial charge < -0.3 is 20.5 Å². The SMILES string of the molecule is CC(C)(C)OC(=O)N1CCC(F)C(O)(CN)C1. The number of piperidine rings is 1. The highest BCUT2D eigenvalue weighted by atomic mass is 19.1. The van der Waals surface area contributed by atoms with Crippen LogP contribution < -0.4 is 5.73 Å². The molecule has 0 spiro atoms. The Hall–Kier alpha value is -0.880. The topological polar surface area (TPSA) is 75.8 Å². The molecule has 1 heterocycles. The van der Waals surface area contributed by atoms with E-state index in [4.69, 9.17) is 10.5 Å². The van der Waals surface area contributed by atoms with Gasteiger partial charge in [0, 0.05) is 13.1 Å². The van der Waals surface area contributed by atoms with Crippen LogP contribution in [0.15, 0.2) is 0 Å². The van der Waals surface area contributed by atoms with Gasteiger partial charge in [0.05, 0.1) is 6.54 Å². The van der Waals surface area contributed by atoms with E-state index in [1.807, 2.05) is 0 Å². The van der Waals surface area contributed by atoms with Gasteiger partial charge in [0.1, 0.15) is 17.4 Å². The Bertz CT molecular complexity index is 293. The Morgan fingerprint density at radius 3 is 2.71 bits per heavy atom. The van der Waals surface area contributed by atoms with Crippen LogP contribution in [0, 0.1) is 0 Å². The number of carbonyl (C=O) groups is 1. The number of hydrogen-bond donors (Lipinski definition) is 2. The summed E-state index contributed by atoms with van der Waals surface area (Å²) in [5, 5.41) is 9.92. The van der Waals surface area contributed by atoms with Gasteiger partial charge in [-0.05, 0) is 27.2 Å². The fourth-order valence-corrected chi connectivity index (χ4v) is 1.72. The molecule has 3 N–H and O–H groups in total. The van der Waals surface area contributed by atoms with E-state index in [1.54, 1.807) is 20.8 Å². The fourth-order valence-electron chi connectivity index (χ4n) is 1.72. The molecular formula is C11H21FN2O3. The predicted octanol–water partition coefficient (Wildman–Crippen LogP) is 0.655. The molecule has 1 rings (SSSR count). The standard InChI is InChI=1S/C11H21FN2O3/c1-10(2,3)17-9(15)14-5-4-8(12)11(16,6-13)7-14/h8,16H,4-7,13H2,1-3H3. The molecule has 1 aliphatic rings. The molecule has 0 aromatic heterocycles. The van der Waals surface area contributed by atoms with Crippen molar-refractivity contribution in [2.24, 2.45) is 5.73 Å². The van der Waals surface area contributed by atoms with E-state index in [1.165, 1.54) is 4.90 Å². The molecule has 1 saturated heterocycles. The first-order valence-corrected chi connectivity index (χ1v) is 5.72. The van der Waals surface area contributed by atoms with Gasteiger partial charge in [-0.1, -0.05) is 0 Å². The molecule has 0 saturated carbocycles. The Balaban J connectivity index is 2.66. The minimum absolute atomic E-state index is 0.0763. The molecule has 2 unspecified atom stereocenters. The monoisotopic (exact) mass is 248 g/mol. The largest absolute Gasteiger partial charge is 0.444 e. The third-order valence-electron chi connectivity index (χ3n) is 2.71. The second-order valence-corrected chi connectivity index (χ2v) is 5.47. The summed E-state index contributed by atoms with van der Waals surface area (Å²) in [6.45, 7) is 5.15. The molecule has 0 aromatic rings. The minimum atomic E-state index is -1.66. The first-order chi connectivity index (χ1) is 7.68. The van der Waals surface area contributed by atoms with Crippen LogP contribution >= 0.6 is 0 Å². The van der Waals surface area contributed by atoms with Crippen molar-refractivity contribution < 1.29 is 19.0 Å². The number of amides is 1. The van der Waals surface area contributed by atoms with Crippen molar-refractivity contribution in [3.8, 4) is 0 Å². The number of nitrogens with zero attached hydrogens (tertiary/aromatic N) is 1. The Morgan fingerprint density at radius 2 is 2.24 bits per heavy atom. The predicted molar refractivity (Wildman–Crippen MR) is 61.3 cm³/mol. The van der Waals surface area contributed by atoms with Crippen molar-refractivity contribution in [1.82, 2.24) is 4.90 Å². The number of halogens is 1. The van der Waals surface area contributed by atoms with E-state index in [0.717, 1.165) is 0 Å². The quantitative estimate of drug-likeness (QED) is 0.714. The number of rotatable bonds is 1. The molecule has 0 aromatic carbocycles. The zero-order valence-corrected chi connectivity index (χ0v) is 10.6. The van der Waals surface area contributed by atoms with Crippen molar-refractivity contribution >= 4 is 6.09 Å². The van der Waals surface area contributed by atoms with Crippen molar-refractivity contribution in [1.29, 1.82) is 0 Å². The van der Waals surface area contributed by atoms with Gasteiger partial charge in [-0.25, -0.2) is 9.18 Å². The zero-order valence-electron chi connectivity index (χ0n) is 10.6. The lowest BCUT2D eigenvalue weighted by Gasteiger charge is -2.41. The third-order valence-corrected chi connectivity index (χ3v) is 2.71. The van der Waals surface area contributed by atoms with Crippen LogP contribution in [-0.2, 0) is 4.74 Å². The lowest BCUT2D eigenvalue weighted by Crippen LogP contribution is -2.60. The van der Waals surface area contributed by atoms with Gasteiger partial charge in [-0.3, -0.25) is 0 Å². The normalized spacial score (nSPS) is 30.2. The smallest absolute Gasteiger partial charge is 0.410 e. The molecule has 0 radical (unpaired) electrons. The van der Waals surface area contributed by atoms with Crippen molar-refractivity contribution in [2.45, 2.75) is 44.6 Å². The number of likely N-dealkylation sites (tertiary alicyclic amines) is 1. The molecule has 100 valence electrons. The summed E-state index contributed by atoms with van der Waals surface area (Å²) in [4.78, 5) is 13.1. The fraction of sp³-hybridized carbons (Fsp3) is 0.909. The lowest BCUT2D eigenvalue weighted by molar-refractivity contribution is -0.0835. The molecule has 5 nitrogen and oxygen atoms in total. The molecule has 6 heteroatoms. The lowest BCUT2D eigenvalue weighted by atomic mass is 9.91. The van der Waals surface area contributed by atoms with Crippen LogP contribution in [0.25, 0.3) is 0 Å². The third kappa shape index (κ3) is 3.54. The molecule has 2 atom stereocenters. The molecule has 0 bridgehead atoms. The van der Waals surface area contributed by atoms with Gasteiger partial charge in [0.15, 0.2) is 0 Å². The highest BCUT2D eigenvalue weighted by molar-refractivity contribution is 5.68. The molecule has 17 heavy (non-hydrogen) atoms. The van der Waals surface area contributed by atoms with E-state index in [2.05, 4.69) is 0 Å². The maximum Gasteiger partial charge on any atom is 0.410 e. The summed E-state index contributed by atoms with van der Waals surface area (Å²) in [6, 6.07) is 0. The first kappa shape index (κ1) is 14.2. The number of alkyl halides is 1. The first-order valence-electron chi connectivity index (χ1n) is 5.72. The zero-order chi connectivity index (χ0) is 13.3. The summed E-state index contributed by atoms with van der Waals surface area (Å²) in [6.07, 6.45) is -1.87. The minimum Gasteiger partial charge on any atom is -0.444 e. The van der Waals surface area contributed by atoms with E-state index in [0.29, 0.717) is 0 Å². The summed E-state index contributed by atoms with van der Waals surface area (Å²) in [5.41, 5.74) is 3.08. The number of β-amino-alcohol motifs (C(OH)–C–C–N with tert-alkyl or cyclic N) is 1. The summed E-state index contributed by atoms with van der Waals surface area (Å²) < 4.78 is 18.7. The van der Waals surface area contributed by atoms with Crippen LogP contribution in [0.1, 0.15) is 27.2 Å². The van der Waals surface area contributed by atoms with Crippen LogP contribution in [-0.4, -0.2) is 53.1 Å². The van der Waals surface area contributed by atoms with E-state index in [9.17, 15) is 14.3 Å². The number of ether oxygens (including phenoxy) is 1. The summed E-state index contributed by atoms with van der Waals surface area (Å²) in [7, 11) is 0. The maximum atomic E-state index is 13.5. The van der Waals surface area contributed by atoms with Gasteiger partial charge in [-0.15, -0.1) is 0 Å². The molecule has 1 amide bonds. The van der Waals surface area contributed by atoms with Crippen LogP contribution in [0.5, 0.6) is 0 Å².